The average molecular weight is 529 g/mol. The fraction of sp³-hybridized carbons (Fsp3) is 0.130. The topological polar surface area (TPSA) is 49.4 Å². The number of hydrogen-bond acceptors (Lipinski definition) is 2. The fourth-order valence-electron chi connectivity index (χ4n) is 3.75. The molecule has 0 saturated heterocycles. The number of anilines is 1. The van der Waals surface area contributed by atoms with Crippen LogP contribution in [0.15, 0.2) is 48.5 Å². The molecule has 164 valence electrons. The minimum atomic E-state index is -0.599. The van der Waals surface area contributed by atoms with Gasteiger partial charge in [0.2, 0.25) is 5.91 Å². The molecular weight excluding hydrogens is 514 g/mol. The highest BCUT2D eigenvalue weighted by molar-refractivity contribution is 6.56. The Kier molecular flexibility index (Phi) is 6.62. The summed E-state index contributed by atoms with van der Waals surface area (Å²) in [6, 6.07) is 14.4. The number of nitrogens with one attached hydrogen (secondary N) is 1. The maximum absolute atomic E-state index is 13.9. The van der Waals surface area contributed by atoms with Crippen molar-refractivity contribution in [3.63, 3.8) is 0 Å². The van der Waals surface area contributed by atoms with E-state index in [0.29, 0.717) is 5.69 Å². The molecule has 1 atom stereocenters. The molecule has 1 heterocycles. The summed E-state index contributed by atoms with van der Waals surface area (Å²) in [5, 5.41) is 2.40. The van der Waals surface area contributed by atoms with Crippen molar-refractivity contribution >= 4 is 75.5 Å². The molecule has 4 rings (SSSR count). The predicted octanol–water partition coefficient (Wildman–Crippen LogP) is 7.45. The van der Waals surface area contributed by atoms with Gasteiger partial charge in [-0.1, -0.05) is 106 Å². The SMILES string of the molecule is Cc1ccc2c(c1)C(c1ccccc1)N(C(=O)c1c(Cl)c(Cl)c(Cl)c(Cl)c1Cl)CC(=O)N2. The van der Waals surface area contributed by atoms with Crippen molar-refractivity contribution in [3.05, 3.63) is 95.9 Å². The molecule has 1 aliphatic rings. The number of benzene rings is 3. The van der Waals surface area contributed by atoms with Gasteiger partial charge in [-0.15, -0.1) is 0 Å². The molecule has 0 bridgehead atoms. The molecule has 1 unspecified atom stereocenters. The Morgan fingerprint density at radius 1 is 0.906 bits per heavy atom. The van der Waals surface area contributed by atoms with Crippen LogP contribution in [0.1, 0.15) is 33.1 Å². The molecule has 0 fully saturated rings. The van der Waals surface area contributed by atoms with E-state index in [9.17, 15) is 9.59 Å². The fourth-order valence-corrected chi connectivity index (χ4v) is 5.05. The van der Waals surface area contributed by atoms with Crippen molar-refractivity contribution < 1.29 is 9.59 Å². The summed E-state index contributed by atoms with van der Waals surface area (Å²) in [5.41, 5.74) is 3.05. The van der Waals surface area contributed by atoms with Gasteiger partial charge in [0.1, 0.15) is 6.54 Å². The first-order chi connectivity index (χ1) is 15.2. The summed E-state index contributed by atoms with van der Waals surface area (Å²) in [7, 11) is 0. The maximum Gasteiger partial charge on any atom is 0.258 e. The molecule has 32 heavy (non-hydrogen) atoms. The lowest BCUT2D eigenvalue weighted by Crippen LogP contribution is -2.39. The minimum absolute atomic E-state index is 0.0472. The number of halogens is 5. The number of amides is 2. The number of fused-ring (bicyclic) bond motifs is 1. The minimum Gasteiger partial charge on any atom is -0.324 e. The quantitative estimate of drug-likeness (QED) is 0.277. The van der Waals surface area contributed by atoms with Crippen LogP contribution < -0.4 is 5.32 Å². The van der Waals surface area contributed by atoms with Gasteiger partial charge in [0, 0.05) is 11.3 Å². The third-order valence-electron chi connectivity index (χ3n) is 5.20. The normalized spacial score (nSPS) is 15.8. The van der Waals surface area contributed by atoms with Crippen LogP contribution in [0.2, 0.25) is 25.1 Å². The van der Waals surface area contributed by atoms with E-state index in [1.165, 1.54) is 4.90 Å². The van der Waals surface area contributed by atoms with Crippen molar-refractivity contribution in [2.75, 3.05) is 11.9 Å². The van der Waals surface area contributed by atoms with Gasteiger partial charge in [0.05, 0.1) is 36.7 Å². The molecule has 3 aromatic carbocycles. The zero-order valence-corrected chi connectivity index (χ0v) is 20.3. The Hall–Kier alpha value is -1.95. The number of nitrogens with zero attached hydrogens (tertiary/aromatic N) is 1. The van der Waals surface area contributed by atoms with E-state index in [4.69, 9.17) is 58.0 Å². The van der Waals surface area contributed by atoms with E-state index in [1.807, 2.05) is 55.5 Å². The van der Waals surface area contributed by atoms with Crippen molar-refractivity contribution in [3.8, 4) is 0 Å². The average Bonchev–Trinajstić information content (AvgIpc) is 2.92. The van der Waals surface area contributed by atoms with Crippen LogP contribution in [-0.4, -0.2) is 23.3 Å². The third-order valence-corrected chi connectivity index (χ3v) is 7.48. The first kappa shape index (κ1) is 23.2. The first-order valence-electron chi connectivity index (χ1n) is 9.48. The Balaban J connectivity index is 1.96. The van der Waals surface area contributed by atoms with Crippen LogP contribution >= 0.6 is 58.0 Å². The summed E-state index contributed by atoms with van der Waals surface area (Å²) in [6.07, 6.45) is 0. The molecular formula is C23H15Cl5N2O2. The maximum atomic E-state index is 13.9. The van der Waals surface area contributed by atoms with Gasteiger partial charge in [-0.25, -0.2) is 0 Å². The molecule has 0 aliphatic carbocycles. The highest BCUT2D eigenvalue weighted by Crippen LogP contribution is 2.46. The summed E-state index contributed by atoms with van der Waals surface area (Å²) in [4.78, 5) is 28.0. The lowest BCUT2D eigenvalue weighted by molar-refractivity contribution is -0.117. The lowest BCUT2D eigenvalue weighted by Gasteiger charge is -2.31. The molecule has 2 amide bonds. The van der Waals surface area contributed by atoms with Crippen LogP contribution in [0, 0.1) is 6.92 Å². The second kappa shape index (κ2) is 9.12. The largest absolute Gasteiger partial charge is 0.324 e. The van der Waals surface area contributed by atoms with Gasteiger partial charge in [-0.3, -0.25) is 9.59 Å². The molecule has 4 nitrogen and oxygen atoms in total. The summed E-state index contributed by atoms with van der Waals surface area (Å²) in [6.45, 7) is 1.70. The smallest absolute Gasteiger partial charge is 0.258 e. The molecule has 0 aromatic heterocycles. The standard InChI is InChI=1S/C23H15Cl5N2O2/c1-11-7-8-14-13(9-11)22(12-5-3-2-4-6-12)30(10-15(31)29-14)23(32)16-17(24)19(26)21(28)20(27)18(16)25/h2-9,22H,10H2,1H3,(H,29,31). The van der Waals surface area contributed by atoms with Gasteiger partial charge in [0.25, 0.3) is 5.91 Å². The van der Waals surface area contributed by atoms with Crippen LogP contribution in [-0.2, 0) is 4.79 Å². The van der Waals surface area contributed by atoms with Gasteiger partial charge < -0.3 is 10.2 Å². The van der Waals surface area contributed by atoms with E-state index in [2.05, 4.69) is 5.32 Å². The predicted molar refractivity (Wildman–Crippen MR) is 131 cm³/mol. The van der Waals surface area contributed by atoms with Crippen molar-refractivity contribution in [1.29, 1.82) is 0 Å². The van der Waals surface area contributed by atoms with E-state index >= 15 is 0 Å². The Labute approximate surface area is 210 Å². The third kappa shape index (κ3) is 4.07. The molecule has 3 aromatic rings. The van der Waals surface area contributed by atoms with Crippen molar-refractivity contribution in [2.24, 2.45) is 0 Å². The van der Waals surface area contributed by atoms with E-state index < -0.39 is 11.9 Å². The second-order valence-corrected chi connectivity index (χ2v) is 9.22. The Bertz CT molecular complexity index is 1220. The first-order valence-corrected chi connectivity index (χ1v) is 11.4. The van der Waals surface area contributed by atoms with Crippen molar-refractivity contribution in [2.45, 2.75) is 13.0 Å². The molecule has 0 radical (unpaired) electrons. The van der Waals surface area contributed by atoms with Gasteiger partial charge in [0.15, 0.2) is 0 Å². The Morgan fingerprint density at radius 2 is 1.50 bits per heavy atom. The molecule has 1 N–H and O–H groups in total. The molecule has 1 aliphatic heterocycles. The van der Waals surface area contributed by atoms with E-state index in [0.717, 1.165) is 16.7 Å². The van der Waals surface area contributed by atoms with E-state index in [1.54, 1.807) is 0 Å². The lowest BCUT2D eigenvalue weighted by atomic mass is 9.94. The monoisotopic (exact) mass is 526 g/mol. The zero-order chi connectivity index (χ0) is 23.2. The number of hydrogen-bond donors (Lipinski definition) is 1. The van der Waals surface area contributed by atoms with Gasteiger partial charge in [-0.05, 0) is 18.6 Å². The number of carbonyl (C=O) groups excluding carboxylic acids is 2. The van der Waals surface area contributed by atoms with Crippen LogP contribution in [0.5, 0.6) is 0 Å². The zero-order valence-electron chi connectivity index (χ0n) is 16.6. The van der Waals surface area contributed by atoms with Crippen LogP contribution in [0.25, 0.3) is 0 Å². The highest BCUT2D eigenvalue weighted by atomic mass is 35.5. The number of aryl methyl sites for hydroxylation is 1. The highest BCUT2D eigenvalue weighted by Gasteiger charge is 2.36. The molecule has 9 heteroatoms. The van der Waals surface area contributed by atoms with Crippen LogP contribution in [0.3, 0.4) is 0 Å². The molecule has 0 spiro atoms. The summed E-state index contributed by atoms with van der Waals surface area (Å²) >= 11 is 31.2. The summed E-state index contributed by atoms with van der Waals surface area (Å²) < 4.78 is 0. The van der Waals surface area contributed by atoms with E-state index in [-0.39, 0.29) is 43.1 Å². The van der Waals surface area contributed by atoms with Gasteiger partial charge >= 0.3 is 0 Å². The second-order valence-electron chi connectivity index (χ2n) is 7.33. The number of rotatable bonds is 2. The van der Waals surface area contributed by atoms with Crippen LogP contribution in [0.4, 0.5) is 5.69 Å². The Morgan fingerprint density at radius 3 is 2.12 bits per heavy atom. The number of carbonyl (C=O) groups is 2. The molecule has 0 saturated carbocycles. The summed E-state index contributed by atoms with van der Waals surface area (Å²) in [5.74, 6) is -0.959. The van der Waals surface area contributed by atoms with Gasteiger partial charge in [-0.2, -0.15) is 0 Å². The van der Waals surface area contributed by atoms with Crippen molar-refractivity contribution in [1.82, 2.24) is 4.90 Å².